The minimum atomic E-state index is -3.06. The van der Waals surface area contributed by atoms with E-state index in [9.17, 15) is 18.9 Å². The Labute approximate surface area is 87.8 Å². The number of hydrogen-bond donors (Lipinski definition) is 0. The molecular weight excluding hydrogens is 234 g/mol. The van der Waals surface area contributed by atoms with Gasteiger partial charge in [0.25, 0.3) is 6.43 Å². The Morgan fingerprint density at radius 3 is 2.67 bits per heavy atom. The second-order valence-electron chi connectivity index (χ2n) is 2.43. The van der Waals surface area contributed by atoms with Crippen molar-refractivity contribution in [1.29, 1.82) is 0 Å². The van der Waals surface area contributed by atoms with Gasteiger partial charge in [0.1, 0.15) is 5.02 Å². The molecule has 0 bridgehead atoms. The van der Waals surface area contributed by atoms with Crippen molar-refractivity contribution < 1.29 is 18.4 Å². The molecule has 15 heavy (non-hydrogen) atoms. The normalized spacial score (nSPS) is 10.5. The van der Waals surface area contributed by atoms with Gasteiger partial charge in [-0.1, -0.05) is 11.6 Å². The van der Waals surface area contributed by atoms with E-state index >= 15 is 0 Å². The summed E-state index contributed by atoms with van der Waals surface area (Å²) >= 11 is 5.51. The first-order valence-corrected chi connectivity index (χ1v) is 4.01. The molecule has 0 N–H and O–H groups in total. The number of methoxy groups -OCH3 is 1. The molecule has 82 valence electrons. The first kappa shape index (κ1) is 11.6. The maximum Gasteiger partial charge on any atom is 0.339 e. The maximum absolute atomic E-state index is 12.4. The zero-order valence-electron chi connectivity index (χ0n) is 7.41. The van der Waals surface area contributed by atoms with Crippen LogP contribution in [0.4, 0.5) is 14.5 Å². The molecule has 0 amide bonds. The van der Waals surface area contributed by atoms with E-state index in [1.54, 1.807) is 0 Å². The van der Waals surface area contributed by atoms with Crippen LogP contribution in [-0.2, 0) is 0 Å². The Morgan fingerprint density at radius 2 is 2.27 bits per heavy atom. The van der Waals surface area contributed by atoms with E-state index in [4.69, 9.17) is 11.6 Å². The number of ether oxygens (including phenoxy) is 1. The highest BCUT2D eigenvalue weighted by Crippen LogP contribution is 2.39. The van der Waals surface area contributed by atoms with E-state index in [0.717, 1.165) is 13.3 Å². The summed E-state index contributed by atoms with van der Waals surface area (Å²) in [6, 6.07) is 0. The molecule has 1 heterocycles. The van der Waals surface area contributed by atoms with Crippen LogP contribution in [0.2, 0.25) is 5.02 Å². The molecule has 0 aliphatic carbocycles. The van der Waals surface area contributed by atoms with Crippen molar-refractivity contribution in [3.8, 4) is 5.75 Å². The van der Waals surface area contributed by atoms with Crippen LogP contribution in [0, 0.1) is 10.1 Å². The SMILES string of the molecule is COc1c(Cl)cnc(C(F)F)c1[N+](=O)[O-]. The molecule has 0 spiro atoms. The summed E-state index contributed by atoms with van der Waals surface area (Å²) in [5.41, 5.74) is -1.86. The topological polar surface area (TPSA) is 65.3 Å². The number of aromatic nitrogens is 1. The molecule has 0 radical (unpaired) electrons. The van der Waals surface area contributed by atoms with Gasteiger partial charge in [-0.05, 0) is 0 Å². The van der Waals surface area contributed by atoms with Crippen LogP contribution < -0.4 is 4.74 Å². The van der Waals surface area contributed by atoms with Gasteiger partial charge in [-0.2, -0.15) is 0 Å². The van der Waals surface area contributed by atoms with Gasteiger partial charge in [0.2, 0.25) is 5.75 Å². The minimum Gasteiger partial charge on any atom is -0.489 e. The largest absolute Gasteiger partial charge is 0.489 e. The average molecular weight is 239 g/mol. The van der Waals surface area contributed by atoms with Crippen molar-refractivity contribution in [1.82, 2.24) is 4.98 Å². The maximum atomic E-state index is 12.4. The van der Waals surface area contributed by atoms with Gasteiger partial charge in [-0.3, -0.25) is 10.1 Å². The number of rotatable bonds is 3. The first-order valence-electron chi connectivity index (χ1n) is 3.64. The fourth-order valence-corrected chi connectivity index (χ4v) is 1.22. The summed E-state index contributed by atoms with van der Waals surface area (Å²) in [5.74, 6) is -0.410. The second kappa shape index (κ2) is 4.35. The lowest BCUT2D eigenvalue weighted by atomic mass is 10.3. The van der Waals surface area contributed by atoms with Crippen molar-refractivity contribution in [3.63, 3.8) is 0 Å². The highest BCUT2D eigenvalue weighted by atomic mass is 35.5. The van der Waals surface area contributed by atoms with Gasteiger partial charge in [0.15, 0.2) is 5.69 Å². The number of alkyl halides is 2. The Morgan fingerprint density at radius 1 is 1.67 bits per heavy atom. The number of hydrogen-bond acceptors (Lipinski definition) is 4. The molecule has 0 fully saturated rings. The highest BCUT2D eigenvalue weighted by Gasteiger charge is 2.30. The molecule has 1 aromatic heterocycles. The van der Waals surface area contributed by atoms with E-state index in [1.807, 2.05) is 0 Å². The zero-order valence-corrected chi connectivity index (χ0v) is 8.16. The fourth-order valence-electron chi connectivity index (χ4n) is 1.01. The molecule has 0 atom stereocenters. The predicted octanol–water partition coefficient (Wildman–Crippen LogP) is 2.59. The molecule has 0 aromatic carbocycles. The van der Waals surface area contributed by atoms with Crippen LogP contribution >= 0.6 is 11.6 Å². The lowest BCUT2D eigenvalue weighted by Gasteiger charge is -2.06. The van der Waals surface area contributed by atoms with Gasteiger partial charge in [0, 0.05) is 0 Å². The lowest BCUT2D eigenvalue weighted by molar-refractivity contribution is -0.387. The molecule has 0 saturated carbocycles. The van der Waals surface area contributed by atoms with Crippen LogP contribution in [0.3, 0.4) is 0 Å². The average Bonchev–Trinajstić information content (AvgIpc) is 2.16. The molecule has 1 rings (SSSR count). The zero-order chi connectivity index (χ0) is 11.6. The number of halogens is 3. The van der Waals surface area contributed by atoms with Gasteiger partial charge < -0.3 is 4.74 Å². The van der Waals surface area contributed by atoms with E-state index in [1.165, 1.54) is 0 Å². The van der Waals surface area contributed by atoms with Crippen LogP contribution in [0.25, 0.3) is 0 Å². The van der Waals surface area contributed by atoms with Crippen molar-refractivity contribution in [2.24, 2.45) is 0 Å². The molecule has 5 nitrogen and oxygen atoms in total. The van der Waals surface area contributed by atoms with E-state index in [-0.39, 0.29) is 5.02 Å². The number of pyridine rings is 1. The Balaban J connectivity index is 3.49. The summed E-state index contributed by atoms with van der Waals surface area (Å²) in [7, 11) is 1.10. The minimum absolute atomic E-state index is 0.186. The van der Waals surface area contributed by atoms with Gasteiger partial charge in [0.05, 0.1) is 18.2 Å². The molecule has 0 unspecified atom stereocenters. The highest BCUT2D eigenvalue weighted by molar-refractivity contribution is 6.32. The van der Waals surface area contributed by atoms with E-state index in [0.29, 0.717) is 0 Å². The van der Waals surface area contributed by atoms with Crippen molar-refractivity contribution >= 4 is 17.3 Å². The molecule has 0 aliphatic heterocycles. The Hall–Kier alpha value is -1.50. The van der Waals surface area contributed by atoms with Crippen LogP contribution in [0.5, 0.6) is 5.75 Å². The summed E-state index contributed by atoms with van der Waals surface area (Å²) in [6.07, 6.45) is -2.17. The van der Waals surface area contributed by atoms with Crippen LogP contribution in [0.15, 0.2) is 6.20 Å². The molecule has 0 aliphatic rings. The lowest BCUT2D eigenvalue weighted by Crippen LogP contribution is -2.02. The fraction of sp³-hybridized carbons (Fsp3) is 0.286. The molecular formula is C7H5ClF2N2O3. The number of nitrogens with zero attached hydrogens (tertiary/aromatic N) is 2. The molecule has 1 aromatic rings. The predicted molar refractivity (Wildman–Crippen MR) is 47.4 cm³/mol. The summed E-state index contributed by atoms with van der Waals surface area (Å²) in [6.45, 7) is 0. The molecule has 0 saturated heterocycles. The summed E-state index contributed by atoms with van der Waals surface area (Å²) in [4.78, 5) is 12.8. The van der Waals surface area contributed by atoms with Gasteiger partial charge >= 0.3 is 5.69 Å². The summed E-state index contributed by atoms with van der Waals surface area (Å²) in [5, 5.41) is 10.4. The van der Waals surface area contributed by atoms with Crippen LogP contribution in [0.1, 0.15) is 12.1 Å². The Bertz CT molecular complexity index is 400. The smallest absolute Gasteiger partial charge is 0.339 e. The third-order valence-corrected chi connectivity index (χ3v) is 1.85. The monoisotopic (exact) mass is 238 g/mol. The Kier molecular flexibility index (Phi) is 3.35. The van der Waals surface area contributed by atoms with Crippen molar-refractivity contribution in [3.05, 3.63) is 27.0 Å². The van der Waals surface area contributed by atoms with Gasteiger partial charge in [-0.25, -0.2) is 13.8 Å². The third-order valence-electron chi connectivity index (χ3n) is 1.58. The second-order valence-corrected chi connectivity index (χ2v) is 2.84. The van der Waals surface area contributed by atoms with Gasteiger partial charge in [-0.15, -0.1) is 0 Å². The quantitative estimate of drug-likeness (QED) is 0.600. The summed E-state index contributed by atoms with van der Waals surface area (Å²) < 4.78 is 29.3. The standard InChI is InChI=1S/C7H5ClF2N2O3/c1-15-6-3(8)2-11-4(7(9)10)5(6)12(13)14/h2,7H,1H3. The van der Waals surface area contributed by atoms with E-state index in [2.05, 4.69) is 9.72 Å². The van der Waals surface area contributed by atoms with Crippen molar-refractivity contribution in [2.45, 2.75) is 6.43 Å². The van der Waals surface area contributed by atoms with Crippen molar-refractivity contribution in [2.75, 3.05) is 7.11 Å². The van der Waals surface area contributed by atoms with Crippen LogP contribution in [-0.4, -0.2) is 17.0 Å². The third kappa shape index (κ3) is 2.12. The first-order chi connectivity index (χ1) is 6.99. The number of nitro groups is 1. The van der Waals surface area contributed by atoms with E-state index < -0.39 is 28.5 Å². The molecule has 8 heteroatoms.